The van der Waals surface area contributed by atoms with E-state index in [1.165, 1.54) is 0 Å². The monoisotopic (exact) mass is 411 g/mol. The Labute approximate surface area is 177 Å². The Balaban J connectivity index is 1.99. The maximum absolute atomic E-state index is 13.3. The highest BCUT2D eigenvalue weighted by Crippen LogP contribution is 2.26. The SMILES string of the molecule is C=NC(=O)ON(C(=O)N1CCNCC1)N(Cc1cccc2ccccc12)C(C)(C)C. The summed E-state index contributed by atoms with van der Waals surface area (Å²) < 4.78 is 0. The van der Waals surface area contributed by atoms with Gasteiger partial charge in [-0.25, -0.2) is 9.59 Å². The maximum Gasteiger partial charge on any atom is 0.458 e. The molecule has 2 aromatic rings. The molecule has 1 fully saturated rings. The number of hydroxylamine groups is 1. The van der Waals surface area contributed by atoms with Crippen molar-refractivity contribution < 1.29 is 14.4 Å². The van der Waals surface area contributed by atoms with Crippen molar-refractivity contribution in [1.29, 1.82) is 0 Å². The van der Waals surface area contributed by atoms with E-state index in [1.807, 2.05) is 63.2 Å². The standard InChI is InChI=1S/C22H29N5O3/c1-22(2,3)26(16-18-10-7-9-17-8-5-6-11-19(17)18)27(30-20(28)23-4)21(29)25-14-12-24-13-15-25/h5-11,24H,4,12-16H2,1-3H3. The fourth-order valence-corrected chi connectivity index (χ4v) is 3.44. The summed E-state index contributed by atoms with van der Waals surface area (Å²) in [6, 6.07) is 13.7. The van der Waals surface area contributed by atoms with Crippen LogP contribution in [0.5, 0.6) is 0 Å². The molecule has 0 atom stereocenters. The lowest BCUT2D eigenvalue weighted by Gasteiger charge is -2.43. The number of carbonyl (C=O) groups is 2. The fraction of sp³-hybridized carbons (Fsp3) is 0.409. The van der Waals surface area contributed by atoms with Gasteiger partial charge in [0.05, 0.1) is 0 Å². The van der Waals surface area contributed by atoms with E-state index >= 15 is 0 Å². The summed E-state index contributed by atoms with van der Waals surface area (Å²) in [4.78, 5) is 35.7. The number of nitrogens with one attached hydrogen (secondary N) is 1. The summed E-state index contributed by atoms with van der Waals surface area (Å²) in [6.07, 6.45) is -0.925. The number of urea groups is 1. The number of hydrogen-bond acceptors (Lipinski definition) is 5. The minimum absolute atomic E-state index is 0.368. The molecular formula is C22H29N5O3. The van der Waals surface area contributed by atoms with E-state index in [0.29, 0.717) is 32.7 Å². The zero-order valence-corrected chi connectivity index (χ0v) is 17.8. The smallest absolute Gasteiger partial charge is 0.318 e. The Morgan fingerprint density at radius 3 is 2.47 bits per heavy atom. The third kappa shape index (κ3) is 4.95. The third-order valence-corrected chi connectivity index (χ3v) is 5.04. The molecule has 0 radical (unpaired) electrons. The zero-order chi connectivity index (χ0) is 21.7. The molecule has 0 aliphatic carbocycles. The van der Waals surface area contributed by atoms with Gasteiger partial charge in [-0.3, -0.25) is 4.84 Å². The minimum atomic E-state index is -0.925. The van der Waals surface area contributed by atoms with E-state index in [0.717, 1.165) is 21.5 Å². The molecule has 8 nitrogen and oxygen atoms in total. The second kappa shape index (κ2) is 9.23. The lowest BCUT2D eigenvalue weighted by Crippen LogP contribution is -2.60. The van der Waals surface area contributed by atoms with Gasteiger partial charge in [0, 0.05) is 38.3 Å². The van der Waals surface area contributed by atoms with Crippen LogP contribution in [-0.2, 0) is 11.4 Å². The van der Waals surface area contributed by atoms with Gasteiger partial charge in [-0.05, 0) is 43.8 Å². The van der Waals surface area contributed by atoms with Gasteiger partial charge < -0.3 is 10.2 Å². The Morgan fingerprint density at radius 1 is 1.13 bits per heavy atom. The number of amides is 3. The lowest BCUT2D eigenvalue weighted by molar-refractivity contribution is -0.239. The molecule has 2 aromatic carbocycles. The zero-order valence-electron chi connectivity index (χ0n) is 17.8. The molecule has 0 aromatic heterocycles. The van der Waals surface area contributed by atoms with Crippen molar-refractivity contribution in [2.24, 2.45) is 4.99 Å². The number of rotatable bonds is 3. The first-order valence-electron chi connectivity index (χ1n) is 10.0. The van der Waals surface area contributed by atoms with Gasteiger partial charge in [0.25, 0.3) is 0 Å². The molecule has 1 N–H and O–H groups in total. The normalized spacial score (nSPS) is 14.6. The van der Waals surface area contributed by atoms with E-state index in [2.05, 4.69) is 17.0 Å². The number of nitrogens with zero attached hydrogens (tertiary/aromatic N) is 4. The second-order valence-electron chi connectivity index (χ2n) is 8.17. The summed E-state index contributed by atoms with van der Waals surface area (Å²) in [7, 11) is 0. The third-order valence-electron chi connectivity index (χ3n) is 5.04. The number of piperazine rings is 1. The molecule has 8 heteroatoms. The van der Waals surface area contributed by atoms with E-state index in [4.69, 9.17) is 4.84 Å². The highest BCUT2D eigenvalue weighted by molar-refractivity contribution is 5.85. The Hall–Kier alpha value is -2.97. The van der Waals surface area contributed by atoms with Crippen molar-refractivity contribution >= 4 is 29.6 Å². The minimum Gasteiger partial charge on any atom is -0.318 e. The number of fused-ring (bicyclic) bond motifs is 1. The number of hydrazine groups is 1. The van der Waals surface area contributed by atoms with Gasteiger partial charge in [0.2, 0.25) is 0 Å². The highest BCUT2D eigenvalue weighted by atomic mass is 16.8. The van der Waals surface area contributed by atoms with Gasteiger partial charge in [-0.1, -0.05) is 47.6 Å². The second-order valence-corrected chi connectivity index (χ2v) is 8.17. The largest absolute Gasteiger partial charge is 0.458 e. The maximum atomic E-state index is 13.3. The van der Waals surface area contributed by atoms with E-state index in [9.17, 15) is 9.59 Å². The van der Waals surface area contributed by atoms with Gasteiger partial charge in [-0.15, -0.1) is 0 Å². The fourth-order valence-electron chi connectivity index (χ4n) is 3.44. The lowest BCUT2D eigenvalue weighted by atomic mass is 10.0. The first-order valence-corrected chi connectivity index (χ1v) is 10.0. The molecule has 3 rings (SSSR count). The quantitative estimate of drug-likeness (QED) is 0.618. The van der Waals surface area contributed by atoms with Gasteiger partial charge in [-0.2, -0.15) is 10.0 Å². The summed E-state index contributed by atoms with van der Waals surface area (Å²) in [6.45, 7) is 11.9. The Morgan fingerprint density at radius 2 is 1.80 bits per heavy atom. The molecule has 1 aliphatic rings. The summed E-state index contributed by atoms with van der Waals surface area (Å²) in [5, 5.41) is 8.20. The first-order chi connectivity index (χ1) is 14.3. The van der Waals surface area contributed by atoms with E-state index in [1.54, 1.807) is 9.91 Å². The summed E-state index contributed by atoms with van der Waals surface area (Å²) in [5.74, 6) is 0. The van der Waals surface area contributed by atoms with Gasteiger partial charge in [0.15, 0.2) is 0 Å². The van der Waals surface area contributed by atoms with Crippen molar-refractivity contribution in [1.82, 2.24) is 20.4 Å². The van der Waals surface area contributed by atoms with Crippen molar-refractivity contribution in [2.45, 2.75) is 32.9 Å². The van der Waals surface area contributed by atoms with Crippen LogP contribution in [0.2, 0.25) is 0 Å². The van der Waals surface area contributed by atoms with Crippen LogP contribution in [0, 0.1) is 0 Å². The molecule has 3 amide bonds. The predicted octanol–water partition coefficient (Wildman–Crippen LogP) is 3.43. The molecule has 160 valence electrons. The molecule has 0 unspecified atom stereocenters. The topological polar surface area (TPSA) is 77.5 Å². The van der Waals surface area contributed by atoms with Crippen molar-refractivity contribution in [3.63, 3.8) is 0 Å². The van der Waals surface area contributed by atoms with Crippen LogP contribution in [0.15, 0.2) is 47.5 Å². The highest BCUT2D eigenvalue weighted by Gasteiger charge is 2.37. The van der Waals surface area contributed by atoms with Gasteiger partial charge in [0.1, 0.15) is 0 Å². The van der Waals surface area contributed by atoms with E-state index in [-0.39, 0.29) is 0 Å². The molecule has 0 spiro atoms. The molecule has 1 heterocycles. The van der Waals surface area contributed by atoms with Gasteiger partial charge >= 0.3 is 12.1 Å². The van der Waals surface area contributed by atoms with Crippen LogP contribution in [0.1, 0.15) is 26.3 Å². The average Bonchev–Trinajstić information content (AvgIpc) is 2.75. The van der Waals surface area contributed by atoms with Crippen LogP contribution in [0.4, 0.5) is 9.59 Å². The number of carbonyl (C=O) groups excluding carboxylic acids is 2. The van der Waals surface area contributed by atoms with Crippen LogP contribution < -0.4 is 5.32 Å². The van der Waals surface area contributed by atoms with Crippen LogP contribution in [0.3, 0.4) is 0 Å². The van der Waals surface area contributed by atoms with Crippen LogP contribution in [0.25, 0.3) is 10.8 Å². The molecule has 30 heavy (non-hydrogen) atoms. The molecular weight excluding hydrogens is 382 g/mol. The Kier molecular flexibility index (Phi) is 6.69. The van der Waals surface area contributed by atoms with Crippen molar-refractivity contribution in [3.8, 4) is 0 Å². The summed E-state index contributed by atoms with van der Waals surface area (Å²) >= 11 is 0. The molecule has 0 saturated carbocycles. The van der Waals surface area contributed by atoms with Crippen molar-refractivity contribution in [3.05, 3.63) is 48.0 Å². The Bertz CT molecular complexity index is 913. The van der Waals surface area contributed by atoms with Crippen LogP contribution >= 0.6 is 0 Å². The molecule has 0 bridgehead atoms. The van der Waals surface area contributed by atoms with Crippen molar-refractivity contribution in [2.75, 3.05) is 26.2 Å². The van der Waals surface area contributed by atoms with E-state index < -0.39 is 17.7 Å². The summed E-state index contributed by atoms with van der Waals surface area (Å²) in [5.41, 5.74) is 0.492. The number of benzene rings is 2. The molecule has 1 aliphatic heterocycles. The first kappa shape index (κ1) is 21.7. The average molecular weight is 412 g/mol. The molecule has 1 saturated heterocycles. The number of hydrogen-bond donors (Lipinski definition) is 1. The predicted molar refractivity (Wildman–Crippen MR) is 117 cm³/mol. The van der Waals surface area contributed by atoms with Crippen LogP contribution in [-0.4, -0.2) is 65.6 Å². The number of aliphatic imine (C=N–C) groups is 1.